The second-order valence-corrected chi connectivity index (χ2v) is 11.5. The zero-order valence-electron chi connectivity index (χ0n) is 25.0. The molecular formula is C36H38N6. The summed E-state index contributed by atoms with van der Waals surface area (Å²) in [5, 5.41) is 6.57. The van der Waals surface area contributed by atoms with Gasteiger partial charge in [-0.3, -0.25) is 4.57 Å². The molecule has 0 amide bonds. The fourth-order valence-corrected chi connectivity index (χ4v) is 5.67. The molecule has 4 aromatic carbocycles. The number of anilines is 4. The van der Waals surface area contributed by atoms with Gasteiger partial charge < -0.3 is 9.80 Å². The second kappa shape index (κ2) is 11.6. The van der Waals surface area contributed by atoms with Gasteiger partial charge in [-0.15, -0.1) is 0 Å². The molecule has 1 aliphatic heterocycles. The third-order valence-electron chi connectivity index (χ3n) is 7.73. The van der Waals surface area contributed by atoms with Crippen LogP contribution in [0.2, 0.25) is 0 Å². The minimum Gasteiger partial charge on any atom is -0.345 e. The Morgan fingerprint density at radius 2 is 1.36 bits per heavy atom. The SMILES string of the molecule is CC(C)c1cccc(C(C)C)c1-n1ccnc1-c1cccc(N(c2ccccc2)c2cccc(N3CN(C)C=N3)c2)c1. The Hall–Kier alpha value is -4.84. The molecule has 5 aromatic rings. The molecule has 0 saturated carbocycles. The molecule has 2 heterocycles. The van der Waals surface area contributed by atoms with Crippen molar-refractivity contribution in [1.29, 1.82) is 0 Å². The normalized spacial score (nSPS) is 13.0. The van der Waals surface area contributed by atoms with Gasteiger partial charge in [0.15, 0.2) is 0 Å². The van der Waals surface area contributed by atoms with Gasteiger partial charge in [0.1, 0.15) is 18.8 Å². The van der Waals surface area contributed by atoms with Gasteiger partial charge in [-0.05, 0) is 65.4 Å². The van der Waals surface area contributed by atoms with Crippen LogP contribution >= 0.6 is 0 Å². The van der Waals surface area contributed by atoms with Crippen molar-refractivity contribution in [1.82, 2.24) is 14.5 Å². The highest BCUT2D eigenvalue weighted by atomic mass is 15.6. The fraction of sp³-hybridized carbons (Fsp3) is 0.222. The quantitative estimate of drug-likeness (QED) is 0.192. The summed E-state index contributed by atoms with van der Waals surface area (Å²) in [4.78, 5) is 9.26. The van der Waals surface area contributed by atoms with Crippen LogP contribution in [-0.2, 0) is 0 Å². The molecule has 0 unspecified atom stereocenters. The summed E-state index contributed by atoms with van der Waals surface area (Å²) in [6, 6.07) is 34.4. The molecule has 6 nitrogen and oxygen atoms in total. The number of aromatic nitrogens is 2. The van der Waals surface area contributed by atoms with Gasteiger partial charge >= 0.3 is 0 Å². The van der Waals surface area contributed by atoms with Crippen molar-refractivity contribution >= 4 is 29.1 Å². The molecule has 0 radical (unpaired) electrons. The number of hydrazone groups is 1. The van der Waals surface area contributed by atoms with Crippen LogP contribution in [0.3, 0.4) is 0 Å². The average molecular weight is 555 g/mol. The second-order valence-electron chi connectivity index (χ2n) is 11.5. The molecule has 0 bridgehead atoms. The number of rotatable bonds is 8. The number of hydrogen-bond donors (Lipinski definition) is 0. The summed E-state index contributed by atoms with van der Waals surface area (Å²) in [6.07, 6.45) is 5.87. The molecular weight excluding hydrogens is 516 g/mol. The van der Waals surface area contributed by atoms with E-state index < -0.39 is 0 Å². The third-order valence-corrected chi connectivity index (χ3v) is 7.73. The van der Waals surface area contributed by atoms with E-state index in [1.807, 2.05) is 24.6 Å². The molecule has 42 heavy (non-hydrogen) atoms. The van der Waals surface area contributed by atoms with Gasteiger partial charge in [0.2, 0.25) is 0 Å². The van der Waals surface area contributed by atoms with Crippen molar-refractivity contribution in [3.63, 3.8) is 0 Å². The zero-order chi connectivity index (χ0) is 29.2. The highest BCUT2D eigenvalue weighted by Crippen LogP contribution is 2.39. The van der Waals surface area contributed by atoms with Crippen LogP contribution in [0.1, 0.15) is 50.7 Å². The molecule has 0 fully saturated rings. The van der Waals surface area contributed by atoms with Crippen LogP contribution in [0, 0.1) is 0 Å². The molecule has 0 aliphatic carbocycles. The van der Waals surface area contributed by atoms with Gasteiger partial charge in [0, 0.05) is 42.1 Å². The first kappa shape index (κ1) is 27.3. The fourth-order valence-electron chi connectivity index (χ4n) is 5.67. The Bertz CT molecular complexity index is 1680. The molecule has 0 spiro atoms. The van der Waals surface area contributed by atoms with Crippen LogP contribution in [0.5, 0.6) is 0 Å². The Labute approximate surface area is 249 Å². The van der Waals surface area contributed by atoms with Crippen molar-refractivity contribution in [2.24, 2.45) is 5.10 Å². The first-order valence-corrected chi connectivity index (χ1v) is 14.6. The van der Waals surface area contributed by atoms with E-state index in [2.05, 4.69) is 150 Å². The molecule has 1 aliphatic rings. The number of imidazole rings is 1. The van der Waals surface area contributed by atoms with Crippen LogP contribution in [0.4, 0.5) is 22.7 Å². The van der Waals surface area contributed by atoms with Crippen molar-refractivity contribution < 1.29 is 0 Å². The van der Waals surface area contributed by atoms with E-state index in [1.165, 1.54) is 16.8 Å². The number of hydrogen-bond acceptors (Lipinski definition) is 5. The summed E-state index contributed by atoms with van der Waals surface area (Å²) in [5.41, 5.74) is 9.23. The summed E-state index contributed by atoms with van der Waals surface area (Å²) >= 11 is 0. The van der Waals surface area contributed by atoms with E-state index in [0.717, 1.165) is 40.8 Å². The standard InChI is InChI=1S/C36H38N6/c1-26(2)33-18-11-19-34(27(3)4)35(33)40-21-20-37-36(40)28-12-9-16-31(22-28)42(29-13-7-6-8-14-29)32-17-10-15-30(23-32)41-25-39(5)24-38-41/h6-24,26-27H,25H2,1-5H3. The topological polar surface area (TPSA) is 39.9 Å². The van der Waals surface area contributed by atoms with Gasteiger partial charge in [-0.25, -0.2) is 9.99 Å². The predicted molar refractivity (Wildman–Crippen MR) is 175 cm³/mol. The summed E-state index contributed by atoms with van der Waals surface area (Å²) in [5.74, 6) is 1.71. The van der Waals surface area contributed by atoms with Gasteiger partial charge in [0.25, 0.3) is 0 Å². The molecule has 212 valence electrons. The largest absolute Gasteiger partial charge is 0.345 e. The Balaban J connectivity index is 1.47. The minimum atomic E-state index is 0.390. The van der Waals surface area contributed by atoms with E-state index in [0.29, 0.717) is 11.8 Å². The van der Waals surface area contributed by atoms with Crippen LogP contribution in [-0.4, -0.2) is 34.5 Å². The maximum Gasteiger partial charge on any atom is 0.144 e. The number of para-hydroxylation sites is 2. The van der Waals surface area contributed by atoms with Crippen molar-refractivity contribution in [3.05, 3.63) is 121 Å². The lowest BCUT2D eigenvalue weighted by atomic mass is 9.92. The smallest absolute Gasteiger partial charge is 0.144 e. The first-order valence-electron chi connectivity index (χ1n) is 14.6. The predicted octanol–water partition coefficient (Wildman–Crippen LogP) is 8.91. The highest BCUT2D eigenvalue weighted by molar-refractivity contribution is 5.81. The molecule has 0 saturated heterocycles. The Kier molecular flexibility index (Phi) is 7.53. The van der Waals surface area contributed by atoms with Crippen molar-refractivity contribution in [2.75, 3.05) is 23.6 Å². The Morgan fingerprint density at radius 1 is 0.714 bits per heavy atom. The monoisotopic (exact) mass is 554 g/mol. The van der Waals surface area contributed by atoms with Gasteiger partial charge in [0.05, 0.1) is 11.4 Å². The van der Waals surface area contributed by atoms with Crippen LogP contribution < -0.4 is 9.91 Å². The van der Waals surface area contributed by atoms with Gasteiger partial charge in [-0.1, -0.05) is 82.3 Å². The lowest BCUT2D eigenvalue weighted by molar-refractivity contribution is 0.549. The molecule has 6 rings (SSSR count). The summed E-state index contributed by atoms with van der Waals surface area (Å²) < 4.78 is 2.28. The van der Waals surface area contributed by atoms with Crippen LogP contribution in [0.25, 0.3) is 17.1 Å². The lowest BCUT2D eigenvalue weighted by Gasteiger charge is -2.27. The van der Waals surface area contributed by atoms with E-state index in [9.17, 15) is 0 Å². The van der Waals surface area contributed by atoms with Crippen molar-refractivity contribution in [3.8, 4) is 17.1 Å². The lowest BCUT2D eigenvalue weighted by Crippen LogP contribution is -2.22. The summed E-state index contributed by atoms with van der Waals surface area (Å²) in [6.45, 7) is 9.77. The Morgan fingerprint density at radius 3 is 2.02 bits per heavy atom. The number of benzene rings is 4. The highest BCUT2D eigenvalue weighted by Gasteiger charge is 2.21. The molecule has 0 N–H and O–H groups in total. The van der Waals surface area contributed by atoms with E-state index in [1.54, 1.807) is 0 Å². The third kappa shape index (κ3) is 5.28. The summed E-state index contributed by atoms with van der Waals surface area (Å²) in [7, 11) is 2.03. The van der Waals surface area contributed by atoms with Crippen LogP contribution in [0.15, 0.2) is 115 Å². The minimum absolute atomic E-state index is 0.390. The first-order chi connectivity index (χ1) is 20.4. The molecule has 1 aromatic heterocycles. The average Bonchev–Trinajstić information content (AvgIpc) is 3.67. The molecule has 6 heteroatoms. The van der Waals surface area contributed by atoms with Gasteiger partial charge in [-0.2, -0.15) is 5.10 Å². The zero-order valence-corrected chi connectivity index (χ0v) is 25.0. The maximum absolute atomic E-state index is 4.90. The van der Waals surface area contributed by atoms with E-state index in [4.69, 9.17) is 4.98 Å². The maximum atomic E-state index is 4.90. The van der Waals surface area contributed by atoms with Crippen molar-refractivity contribution in [2.45, 2.75) is 39.5 Å². The molecule has 0 atom stereocenters. The number of nitrogens with zero attached hydrogens (tertiary/aromatic N) is 6. The van der Waals surface area contributed by atoms with E-state index >= 15 is 0 Å². The van der Waals surface area contributed by atoms with E-state index in [-0.39, 0.29) is 0 Å².